The number of H-pyrrole nitrogens is 1. The third kappa shape index (κ3) is 3.77. The fraction of sp³-hybridized carbons (Fsp3) is 0.667. The van der Waals surface area contributed by atoms with Crippen LogP contribution in [0.15, 0.2) is 6.33 Å². The van der Waals surface area contributed by atoms with Crippen LogP contribution in [0.1, 0.15) is 12.2 Å². The Labute approximate surface area is 116 Å². The molecule has 0 saturated carbocycles. The minimum Gasteiger partial charge on any atom is -0.383 e. The van der Waals surface area contributed by atoms with E-state index in [1.165, 1.54) is 6.33 Å². The van der Waals surface area contributed by atoms with E-state index in [-0.39, 0.29) is 24.2 Å². The van der Waals surface area contributed by atoms with Crippen LogP contribution in [0.2, 0.25) is 0 Å². The molecule has 0 aromatic carbocycles. The van der Waals surface area contributed by atoms with Crippen molar-refractivity contribution in [3.8, 4) is 0 Å². The largest absolute Gasteiger partial charge is 0.383 e. The van der Waals surface area contributed by atoms with Crippen molar-refractivity contribution in [3.05, 3.63) is 12.2 Å². The molecular formula is C12H19N5O3. The van der Waals surface area contributed by atoms with Crippen molar-refractivity contribution in [2.24, 2.45) is 5.92 Å². The van der Waals surface area contributed by atoms with E-state index in [4.69, 9.17) is 4.74 Å². The van der Waals surface area contributed by atoms with Gasteiger partial charge in [0.05, 0.1) is 12.5 Å². The Hall–Kier alpha value is -1.96. The van der Waals surface area contributed by atoms with Gasteiger partial charge in [-0.25, -0.2) is 4.98 Å². The molecule has 20 heavy (non-hydrogen) atoms. The molecule has 2 rings (SSSR count). The van der Waals surface area contributed by atoms with Crippen molar-refractivity contribution in [1.82, 2.24) is 25.4 Å². The highest BCUT2D eigenvalue weighted by Gasteiger charge is 2.33. The van der Waals surface area contributed by atoms with Gasteiger partial charge in [0.15, 0.2) is 0 Å². The molecule has 8 heteroatoms. The highest BCUT2D eigenvalue weighted by molar-refractivity contribution is 5.89. The zero-order chi connectivity index (χ0) is 14.4. The van der Waals surface area contributed by atoms with E-state index < -0.39 is 0 Å². The van der Waals surface area contributed by atoms with Gasteiger partial charge >= 0.3 is 0 Å². The number of hydrogen-bond donors (Lipinski definition) is 2. The first-order valence-corrected chi connectivity index (χ1v) is 6.59. The van der Waals surface area contributed by atoms with Crippen molar-refractivity contribution in [3.63, 3.8) is 0 Å². The number of nitrogens with one attached hydrogen (secondary N) is 2. The van der Waals surface area contributed by atoms with Crippen molar-refractivity contribution in [2.75, 3.05) is 33.4 Å². The number of aromatic amines is 1. The number of nitrogens with zero attached hydrogens (tertiary/aromatic N) is 3. The Morgan fingerprint density at radius 2 is 2.50 bits per heavy atom. The first-order chi connectivity index (χ1) is 9.70. The van der Waals surface area contributed by atoms with Gasteiger partial charge in [-0.3, -0.25) is 14.7 Å². The summed E-state index contributed by atoms with van der Waals surface area (Å²) in [6.45, 7) is 1.98. The van der Waals surface area contributed by atoms with E-state index in [0.29, 0.717) is 32.7 Å². The predicted octanol–water partition coefficient (Wildman–Crippen LogP) is -1.04. The van der Waals surface area contributed by atoms with Crippen LogP contribution in [0.3, 0.4) is 0 Å². The maximum atomic E-state index is 12.0. The van der Waals surface area contributed by atoms with Crippen molar-refractivity contribution < 1.29 is 14.3 Å². The van der Waals surface area contributed by atoms with Gasteiger partial charge in [0, 0.05) is 39.6 Å². The predicted molar refractivity (Wildman–Crippen MR) is 69.7 cm³/mol. The van der Waals surface area contributed by atoms with Crippen LogP contribution in [0.5, 0.6) is 0 Å². The molecule has 1 aromatic rings. The van der Waals surface area contributed by atoms with E-state index in [1.807, 2.05) is 0 Å². The SMILES string of the molecule is COCCN1CC(C(=O)NCCc2ncn[nH]2)CC1=O. The molecule has 2 N–H and O–H groups in total. The molecule has 0 aliphatic carbocycles. The summed E-state index contributed by atoms with van der Waals surface area (Å²) in [7, 11) is 1.59. The number of carbonyl (C=O) groups is 2. The van der Waals surface area contributed by atoms with E-state index in [0.717, 1.165) is 5.82 Å². The summed E-state index contributed by atoms with van der Waals surface area (Å²) in [5.74, 6) is 0.388. The normalized spacial score (nSPS) is 18.6. The summed E-state index contributed by atoms with van der Waals surface area (Å²) in [6, 6.07) is 0. The molecule has 8 nitrogen and oxygen atoms in total. The molecule has 0 spiro atoms. The average molecular weight is 281 g/mol. The lowest BCUT2D eigenvalue weighted by Gasteiger charge is -2.15. The van der Waals surface area contributed by atoms with Gasteiger partial charge in [-0.15, -0.1) is 0 Å². The van der Waals surface area contributed by atoms with Crippen LogP contribution >= 0.6 is 0 Å². The molecule has 1 aliphatic rings. The molecule has 1 saturated heterocycles. The van der Waals surface area contributed by atoms with Crippen LogP contribution in [0.4, 0.5) is 0 Å². The maximum Gasteiger partial charge on any atom is 0.225 e. The lowest BCUT2D eigenvalue weighted by molar-refractivity contribution is -0.129. The molecule has 2 heterocycles. The van der Waals surface area contributed by atoms with E-state index >= 15 is 0 Å². The fourth-order valence-corrected chi connectivity index (χ4v) is 2.17. The summed E-state index contributed by atoms with van der Waals surface area (Å²) < 4.78 is 4.94. The summed E-state index contributed by atoms with van der Waals surface area (Å²) in [6.07, 6.45) is 2.30. The molecule has 0 radical (unpaired) electrons. The minimum atomic E-state index is -0.269. The van der Waals surface area contributed by atoms with Crippen LogP contribution in [-0.2, 0) is 20.7 Å². The number of ether oxygens (including phenoxy) is 1. The first kappa shape index (κ1) is 14.4. The summed E-state index contributed by atoms with van der Waals surface area (Å²) in [5.41, 5.74) is 0. The second-order valence-corrected chi connectivity index (χ2v) is 4.71. The summed E-state index contributed by atoms with van der Waals surface area (Å²) in [5, 5.41) is 9.29. The first-order valence-electron chi connectivity index (χ1n) is 6.59. The van der Waals surface area contributed by atoms with Gasteiger partial charge in [-0.2, -0.15) is 5.10 Å². The Morgan fingerprint density at radius 3 is 3.20 bits per heavy atom. The fourth-order valence-electron chi connectivity index (χ4n) is 2.17. The van der Waals surface area contributed by atoms with Crippen LogP contribution in [-0.4, -0.2) is 65.2 Å². The van der Waals surface area contributed by atoms with Crippen LogP contribution in [0, 0.1) is 5.92 Å². The number of methoxy groups -OCH3 is 1. The second-order valence-electron chi connectivity index (χ2n) is 4.71. The average Bonchev–Trinajstić information content (AvgIpc) is 3.06. The van der Waals surface area contributed by atoms with E-state index in [2.05, 4.69) is 20.5 Å². The number of hydrogen-bond acceptors (Lipinski definition) is 5. The van der Waals surface area contributed by atoms with Crippen molar-refractivity contribution in [2.45, 2.75) is 12.8 Å². The molecule has 1 unspecified atom stereocenters. The lowest BCUT2D eigenvalue weighted by atomic mass is 10.1. The molecule has 2 amide bonds. The summed E-state index contributed by atoms with van der Waals surface area (Å²) >= 11 is 0. The quantitative estimate of drug-likeness (QED) is 0.665. The number of aromatic nitrogens is 3. The molecule has 1 aromatic heterocycles. The second kappa shape index (κ2) is 6.99. The Bertz CT molecular complexity index is 448. The summed E-state index contributed by atoms with van der Waals surface area (Å²) in [4.78, 5) is 29.3. The Balaban J connectivity index is 1.71. The Kier molecular flexibility index (Phi) is 5.05. The van der Waals surface area contributed by atoms with Gasteiger partial charge in [0.25, 0.3) is 0 Å². The van der Waals surface area contributed by atoms with Gasteiger partial charge in [0.1, 0.15) is 12.2 Å². The Morgan fingerprint density at radius 1 is 1.65 bits per heavy atom. The minimum absolute atomic E-state index is 0.0115. The van der Waals surface area contributed by atoms with Crippen LogP contribution < -0.4 is 5.32 Å². The van der Waals surface area contributed by atoms with Crippen molar-refractivity contribution >= 4 is 11.8 Å². The molecule has 0 bridgehead atoms. The number of likely N-dealkylation sites (tertiary alicyclic amines) is 1. The monoisotopic (exact) mass is 281 g/mol. The standard InChI is InChI=1S/C12H19N5O3/c1-20-5-4-17-7-9(6-11(17)18)12(19)13-3-2-10-14-8-15-16-10/h8-9H,2-7H2,1H3,(H,13,19)(H,14,15,16). The smallest absolute Gasteiger partial charge is 0.225 e. The zero-order valence-corrected chi connectivity index (χ0v) is 11.5. The molecule has 1 aliphatic heterocycles. The number of rotatable bonds is 7. The number of carbonyl (C=O) groups excluding carboxylic acids is 2. The van der Waals surface area contributed by atoms with Gasteiger partial charge < -0.3 is 15.0 Å². The third-order valence-electron chi connectivity index (χ3n) is 3.28. The zero-order valence-electron chi connectivity index (χ0n) is 11.5. The molecule has 1 atom stereocenters. The maximum absolute atomic E-state index is 12.0. The number of amides is 2. The third-order valence-corrected chi connectivity index (χ3v) is 3.28. The van der Waals surface area contributed by atoms with Gasteiger partial charge in [-0.05, 0) is 0 Å². The van der Waals surface area contributed by atoms with Crippen molar-refractivity contribution in [1.29, 1.82) is 0 Å². The highest BCUT2D eigenvalue weighted by Crippen LogP contribution is 2.17. The van der Waals surface area contributed by atoms with E-state index in [9.17, 15) is 9.59 Å². The van der Waals surface area contributed by atoms with Crippen LogP contribution in [0.25, 0.3) is 0 Å². The highest BCUT2D eigenvalue weighted by atomic mass is 16.5. The molecule has 110 valence electrons. The van der Waals surface area contributed by atoms with E-state index in [1.54, 1.807) is 12.0 Å². The van der Waals surface area contributed by atoms with Gasteiger partial charge in [0.2, 0.25) is 11.8 Å². The molecular weight excluding hydrogens is 262 g/mol. The topological polar surface area (TPSA) is 100 Å². The lowest BCUT2D eigenvalue weighted by Crippen LogP contribution is -2.35. The molecule has 1 fully saturated rings. The van der Waals surface area contributed by atoms with Gasteiger partial charge in [-0.1, -0.05) is 0 Å².